The van der Waals surface area contributed by atoms with Crippen molar-refractivity contribution in [2.45, 2.75) is 58.7 Å². The van der Waals surface area contributed by atoms with Crippen LogP contribution in [0.4, 0.5) is 6.01 Å². The van der Waals surface area contributed by atoms with E-state index in [1.54, 1.807) is 6.26 Å². The highest BCUT2D eigenvalue weighted by atomic mass is 16.4. The van der Waals surface area contributed by atoms with Crippen molar-refractivity contribution >= 4 is 6.01 Å². The van der Waals surface area contributed by atoms with Gasteiger partial charge in [0.2, 0.25) is 0 Å². The Balaban J connectivity index is 1.88. The fourth-order valence-corrected chi connectivity index (χ4v) is 2.67. The van der Waals surface area contributed by atoms with Crippen LogP contribution in [0, 0.1) is 0 Å². The molecule has 0 radical (unpaired) electrons. The minimum atomic E-state index is 0.0952. The number of rotatable bonds is 5. The van der Waals surface area contributed by atoms with Crippen LogP contribution in [-0.4, -0.2) is 48.1 Å². The molecule has 1 fully saturated rings. The van der Waals surface area contributed by atoms with Crippen molar-refractivity contribution in [2.24, 2.45) is 0 Å². The van der Waals surface area contributed by atoms with Crippen LogP contribution < -0.4 is 10.2 Å². The molecule has 21 heavy (non-hydrogen) atoms. The normalized spacial score (nSPS) is 18.1. The second-order valence-electron chi connectivity index (χ2n) is 7.00. The largest absolute Gasteiger partial charge is 0.432 e. The summed E-state index contributed by atoms with van der Waals surface area (Å²) >= 11 is 0. The SMILES string of the molecule is CCN1CCC(N(C)c2nc(CNC(C)(C)C)co2)CC1. The van der Waals surface area contributed by atoms with Crippen molar-refractivity contribution in [1.82, 2.24) is 15.2 Å². The maximum absolute atomic E-state index is 5.66. The van der Waals surface area contributed by atoms with Gasteiger partial charge >= 0.3 is 0 Å². The number of hydrogen-bond acceptors (Lipinski definition) is 5. The summed E-state index contributed by atoms with van der Waals surface area (Å²) in [5.41, 5.74) is 1.07. The summed E-state index contributed by atoms with van der Waals surface area (Å²) in [4.78, 5) is 9.31. The van der Waals surface area contributed by atoms with Crippen LogP contribution in [0.5, 0.6) is 0 Å². The Labute approximate surface area is 128 Å². The van der Waals surface area contributed by atoms with E-state index in [1.807, 2.05) is 0 Å². The van der Waals surface area contributed by atoms with E-state index in [1.165, 1.54) is 25.9 Å². The van der Waals surface area contributed by atoms with E-state index in [4.69, 9.17) is 4.42 Å². The van der Waals surface area contributed by atoms with Crippen LogP contribution in [-0.2, 0) is 6.54 Å². The molecule has 5 heteroatoms. The number of hydrogen-bond donors (Lipinski definition) is 1. The summed E-state index contributed by atoms with van der Waals surface area (Å²) in [5, 5.41) is 3.44. The van der Waals surface area contributed by atoms with Gasteiger partial charge in [-0.2, -0.15) is 4.98 Å². The Kier molecular flexibility index (Phi) is 5.27. The lowest BCUT2D eigenvalue weighted by Crippen LogP contribution is -2.43. The molecule has 120 valence electrons. The van der Waals surface area contributed by atoms with Crippen LogP contribution in [0.3, 0.4) is 0 Å². The third-order valence-corrected chi connectivity index (χ3v) is 4.19. The van der Waals surface area contributed by atoms with E-state index in [0.717, 1.165) is 24.8 Å². The average Bonchev–Trinajstić information content (AvgIpc) is 2.93. The van der Waals surface area contributed by atoms with Crippen LogP contribution >= 0.6 is 0 Å². The number of nitrogens with zero attached hydrogens (tertiary/aromatic N) is 3. The Bertz CT molecular complexity index is 430. The maximum Gasteiger partial charge on any atom is 0.297 e. The molecular formula is C16H30N4O. The first kappa shape index (κ1) is 16.3. The zero-order chi connectivity index (χ0) is 15.5. The topological polar surface area (TPSA) is 44.5 Å². The molecule has 2 rings (SSSR count). The van der Waals surface area contributed by atoms with Crippen LogP contribution in [0.2, 0.25) is 0 Å². The average molecular weight is 294 g/mol. The van der Waals surface area contributed by atoms with Crippen molar-refractivity contribution in [2.75, 3.05) is 31.6 Å². The molecule has 0 unspecified atom stereocenters. The molecule has 5 nitrogen and oxygen atoms in total. The molecular weight excluding hydrogens is 264 g/mol. The van der Waals surface area contributed by atoms with E-state index in [2.05, 4.69) is 54.8 Å². The summed E-state index contributed by atoms with van der Waals surface area (Å²) in [6.07, 6.45) is 4.14. The summed E-state index contributed by atoms with van der Waals surface area (Å²) in [6.45, 7) is 12.9. The molecule has 0 saturated carbocycles. The lowest BCUT2D eigenvalue weighted by atomic mass is 10.0. The summed E-state index contributed by atoms with van der Waals surface area (Å²) in [6, 6.07) is 1.28. The lowest BCUT2D eigenvalue weighted by Gasteiger charge is -2.35. The molecule has 1 aliphatic rings. The summed E-state index contributed by atoms with van der Waals surface area (Å²) in [5.74, 6) is 0. The molecule has 2 heterocycles. The van der Waals surface area contributed by atoms with Crippen molar-refractivity contribution in [3.8, 4) is 0 Å². The molecule has 1 aromatic rings. The Hall–Kier alpha value is -1.07. The molecule has 0 aromatic carbocycles. The number of anilines is 1. The van der Waals surface area contributed by atoms with Crippen molar-refractivity contribution in [1.29, 1.82) is 0 Å². The highest BCUT2D eigenvalue weighted by Gasteiger charge is 2.24. The number of oxazole rings is 1. The second kappa shape index (κ2) is 6.79. The molecule has 0 bridgehead atoms. The first-order valence-electron chi connectivity index (χ1n) is 8.03. The molecule has 1 saturated heterocycles. The molecule has 0 aliphatic carbocycles. The van der Waals surface area contributed by atoms with E-state index in [9.17, 15) is 0 Å². The van der Waals surface area contributed by atoms with E-state index in [-0.39, 0.29) is 5.54 Å². The van der Waals surface area contributed by atoms with E-state index in [0.29, 0.717) is 6.04 Å². The highest BCUT2D eigenvalue weighted by Crippen LogP contribution is 2.21. The molecule has 0 atom stereocenters. The van der Waals surface area contributed by atoms with Crippen LogP contribution in [0.15, 0.2) is 10.7 Å². The van der Waals surface area contributed by atoms with E-state index >= 15 is 0 Å². The fraction of sp³-hybridized carbons (Fsp3) is 0.812. The minimum absolute atomic E-state index is 0.0952. The Morgan fingerprint density at radius 1 is 1.38 bits per heavy atom. The Morgan fingerprint density at radius 3 is 2.62 bits per heavy atom. The zero-order valence-corrected chi connectivity index (χ0v) is 14.1. The van der Waals surface area contributed by atoms with Gasteiger partial charge in [-0.15, -0.1) is 0 Å². The van der Waals surface area contributed by atoms with Gasteiger partial charge in [-0.1, -0.05) is 6.92 Å². The van der Waals surface area contributed by atoms with Gasteiger partial charge in [-0.3, -0.25) is 0 Å². The zero-order valence-electron chi connectivity index (χ0n) is 14.1. The van der Waals surface area contributed by atoms with Gasteiger partial charge in [0.1, 0.15) is 6.26 Å². The van der Waals surface area contributed by atoms with Gasteiger partial charge < -0.3 is 19.5 Å². The summed E-state index contributed by atoms with van der Waals surface area (Å²) < 4.78 is 5.66. The predicted molar refractivity (Wildman–Crippen MR) is 86.6 cm³/mol. The second-order valence-corrected chi connectivity index (χ2v) is 7.00. The number of aromatic nitrogens is 1. The number of piperidine rings is 1. The quantitative estimate of drug-likeness (QED) is 0.904. The maximum atomic E-state index is 5.66. The smallest absolute Gasteiger partial charge is 0.297 e. The monoisotopic (exact) mass is 294 g/mol. The molecule has 1 aliphatic heterocycles. The molecule has 0 amide bonds. The number of nitrogens with one attached hydrogen (secondary N) is 1. The predicted octanol–water partition coefficient (Wildman–Crippen LogP) is 2.48. The molecule has 1 aromatic heterocycles. The van der Waals surface area contributed by atoms with Crippen molar-refractivity contribution < 1.29 is 4.42 Å². The summed E-state index contributed by atoms with van der Waals surface area (Å²) in [7, 11) is 2.10. The van der Waals surface area contributed by atoms with Gasteiger partial charge in [-0.25, -0.2) is 0 Å². The van der Waals surface area contributed by atoms with Crippen molar-refractivity contribution in [3.05, 3.63) is 12.0 Å². The van der Waals surface area contributed by atoms with E-state index < -0.39 is 0 Å². The first-order chi connectivity index (χ1) is 9.89. The van der Waals surface area contributed by atoms with Gasteiger partial charge in [0, 0.05) is 38.3 Å². The van der Waals surface area contributed by atoms with Crippen LogP contribution in [0.25, 0.3) is 0 Å². The first-order valence-corrected chi connectivity index (χ1v) is 8.03. The van der Waals surface area contributed by atoms with Gasteiger partial charge in [0.15, 0.2) is 0 Å². The van der Waals surface area contributed by atoms with Gasteiger partial charge in [0.05, 0.1) is 5.69 Å². The minimum Gasteiger partial charge on any atom is -0.432 e. The standard InChI is InChI=1S/C16H30N4O/c1-6-20-9-7-14(8-10-20)19(5)15-18-13(12-21-15)11-17-16(2,3)4/h12,14,17H,6-11H2,1-5H3. The molecule has 0 spiro atoms. The Morgan fingerprint density at radius 2 is 2.05 bits per heavy atom. The highest BCUT2D eigenvalue weighted by molar-refractivity contribution is 5.27. The third kappa shape index (κ3) is 4.71. The third-order valence-electron chi connectivity index (χ3n) is 4.19. The molecule has 1 N–H and O–H groups in total. The van der Waals surface area contributed by atoms with Crippen LogP contribution in [0.1, 0.15) is 46.2 Å². The van der Waals surface area contributed by atoms with Gasteiger partial charge in [-0.05, 0) is 40.2 Å². The van der Waals surface area contributed by atoms with Crippen molar-refractivity contribution in [3.63, 3.8) is 0 Å². The number of likely N-dealkylation sites (tertiary alicyclic amines) is 1. The lowest BCUT2D eigenvalue weighted by molar-refractivity contribution is 0.218. The van der Waals surface area contributed by atoms with Gasteiger partial charge in [0.25, 0.3) is 6.01 Å². The fourth-order valence-electron chi connectivity index (χ4n) is 2.67.